The molecule has 1 unspecified atom stereocenters. The average molecular weight is 372 g/mol. The summed E-state index contributed by atoms with van der Waals surface area (Å²) in [5, 5.41) is 23.2. The molecule has 0 aliphatic rings. The van der Waals surface area contributed by atoms with Gasteiger partial charge in [-0.3, -0.25) is 4.79 Å². The highest BCUT2D eigenvalue weighted by molar-refractivity contribution is 6.30. The second-order valence-corrected chi connectivity index (χ2v) is 5.73. The molecule has 132 valence electrons. The number of carbonyl (C=O) groups excluding carboxylic acids is 1. The third-order valence-electron chi connectivity index (χ3n) is 3.47. The van der Waals surface area contributed by atoms with Crippen LogP contribution in [-0.2, 0) is 0 Å². The number of nitrogens with one attached hydrogen (secondary N) is 2. The van der Waals surface area contributed by atoms with Gasteiger partial charge in [-0.2, -0.15) is 10.3 Å². The first kappa shape index (κ1) is 17.8. The summed E-state index contributed by atoms with van der Waals surface area (Å²) in [6.07, 6.45) is 1.35. The molecule has 1 heterocycles. The second-order valence-electron chi connectivity index (χ2n) is 5.30. The number of nitrogens with zero attached hydrogens (tertiary/aromatic N) is 1. The first-order valence-corrected chi connectivity index (χ1v) is 7.93. The standard InChI is InChI=1S/C18H14ClN3O4/c19-14-5-1-3-12(9-14)17-8-7-16(26-17)11-20-21-18(23)13-4-2-6-15(10-13)22(24)25/h1-11,22,24H,(H,21,23). The molecule has 0 fully saturated rings. The second kappa shape index (κ2) is 7.94. The molecule has 3 aromatic rings. The van der Waals surface area contributed by atoms with Crippen molar-refractivity contribution in [1.82, 2.24) is 5.43 Å². The molecule has 1 aromatic heterocycles. The number of hydrazone groups is 1. The first-order chi connectivity index (χ1) is 12.5. The van der Waals surface area contributed by atoms with E-state index >= 15 is 0 Å². The number of quaternary nitrogens is 1. The summed E-state index contributed by atoms with van der Waals surface area (Å²) in [5.41, 5.74) is 3.38. The van der Waals surface area contributed by atoms with Gasteiger partial charge in [-0.05, 0) is 30.3 Å². The predicted octanol–water partition coefficient (Wildman–Crippen LogP) is 2.77. The van der Waals surface area contributed by atoms with Crippen LogP contribution in [0.15, 0.2) is 70.2 Å². The zero-order valence-corrected chi connectivity index (χ0v) is 14.1. The molecule has 1 atom stereocenters. The van der Waals surface area contributed by atoms with E-state index in [1.807, 2.05) is 12.1 Å². The van der Waals surface area contributed by atoms with Gasteiger partial charge in [0.25, 0.3) is 5.91 Å². The lowest BCUT2D eigenvalue weighted by Crippen LogP contribution is -2.99. The molecule has 26 heavy (non-hydrogen) atoms. The maximum Gasteiger partial charge on any atom is 0.271 e. The van der Waals surface area contributed by atoms with Gasteiger partial charge < -0.3 is 9.62 Å². The lowest BCUT2D eigenvalue weighted by Gasteiger charge is -2.11. The molecule has 3 rings (SSSR count). The summed E-state index contributed by atoms with van der Waals surface area (Å²) in [5.74, 6) is 0.542. The molecule has 0 bridgehead atoms. The predicted molar refractivity (Wildman–Crippen MR) is 96.4 cm³/mol. The van der Waals surface area contributed by atoms with Crippen molar-refractivity contribution < 1.29 is 19.6 Å². The van der Waals surface area contributed by atoms with Crippen molar-refractivity contribution in [2.75, 3.05) is 0 Å². The fraction of sp³-hybridized carbons (Fsp3) is 0. The van der Waals surface area contributed by atoms with Crippen LogP contribution in [0.25, 0.3) is 11.3 Å². The van der Waals surface area contributed by atoms with Crippen molar-refractivity contribution in [3.8, 4) is 11.3 Å². The Labute approximate surface area is 153 Å². The highest BCUT2D eigenvalue weighted by Crippen LogP contribution is 2.24. The summed E-state index contributed by atoms with van der Waals surface area (Å²) >= 11 is 5.96. The molecule has 1 amide bonds. The molecular weight excluding hydrogens is 358 g/mol. The molecule has 2 aromatic carbocycles. The molecule has 0 aliphatic heterocycles. The van der Waals surface area contributed by atoms with Crippen molar-refractivity contribution in [1.29, 1.82) is 0 Å². The smallest absolute Gasteiger partial charge is 0.271 e. The van der Waals surface area contributed by atoms with Crippen LogP contribution in [0.4, 0.5) is 5.69 Å². The van der Waals surface area contributed by atoms with E-state index in [2.05, 4.69) is 10.5 Å². The van der Waals surface area contributed by atoms with Crippen LogP contribution < -0.4 is 10.7 Å². The largest absolute Gasteiger partial charge is 0.595 e. The monoisotopic (exact) mass is 371 g/mol. The van der Waals surface area contributed by atoms with Gasteiger partial charge in [0.05, 0.1) is 6.21 Å². The Balaban J connectivity index is 1.66. The van der Waals surface area contributed by atoms with Crippen LogP contribution >= 0.6 is 11.6 Å². The molecule has 0 radical (unpaired) electrons. The zero-order valence-electron chi connectivity index (χ0n) is 13.3. The summed E-state index contributed by atoms with van der Waals surface area (Å²) in [6.45, 7) is 0. The third kappa shape index (κ3) is 4.35. The summed E-state index contributed by atoms with van der Waals surface area (Å²) in [6, 6.07) is 16.4. The number of rotatable bonds is 5. The molecule has 7 nitrogen and oxygen atoms in total. The Hall–Kier alpha value is -2.97. The van der Waals surface area contributed by atoms with E-state index in [0.717, 1.165) is 5.56 Å². The molecule has 0 saturated heterocycles. The highest BCUT2D eigenvalue weighted by Gasteiger charge is 2.08. The average Bonchev–Trinajstić information content (AvgIpc) is 3.10. The lowest BCUT2D eigenvalue weighted by atomic mass is 10.2. The van der Waals surface area contributed by atoms with E-state index in [9.17, 15) is 10.0 Å². The van der Waals surface area contributed by atoms with Gasteiger partial charge in [0, 0.05) is 28.3 Å². The topological polar surface area (TPSA) is 102 Å². The SMILES string of the molecule is O=C(NN=Cc1ccc(-c2cccc(Cl)c2)o1)c1cccc([NH+]([O-])O)c1. The Kier molecular flexibility index (Phi) is 5.45. The van der Waals surface area contributed by atoms with Crippen molar-refractivity contribution in [3.05, 3.63) is 82.2 Å². The van der Waals surface area contributed by atoms with E-state index < -0.39 is 11.1 Å². The van der Waals surface area contributed by atoms with Gasteiger partial charge in [-0.15, -0.1) is 0 Å². The summed E-state index contributed by atoms with van der Waals surface area (Å²) in [7, 11) is 0. The minimum atomic E-state index is -1.10. The van der Waals surface area contributed by atoms with Gasteiger partial charge in [0.1, 0.15) is 11.5 Å². The Morgan fingerprint density at radius 1 is 1.19 bits per heavy atom. The third-order valence-corrected chi connectivity index (χ3v) is 3.70. The molecule has 3 N–H and O–H groups in total. The van der Waals surface area contributed by atoms with Crippen LogP contribution in [0.2, 0.25) is 5.02 Å². The van der Waals surface area contributed by atoms with Crippen LogP contribution in [0.1, 0.15) is 16.1 Å². The van der Waals surface area contributed by atoms with Crippen LogP contribution in [0.5, 0.6) is 0 Å². The number of benzene rings is 2. The molecule has 0 aliphatic carbocycles. The van der Waals surface area contributed by atoms with Gasteiger partial charge in [0.2, 0.25) is 0 Å². The molecule has 0 saturated carbocycles. The molecular formula is C18H14ClN3O4. The Morgan fingerprint density at radius 2 is 2.00 bits per heavy atom. The van der Waals surface area contributed by atoms with Crippen molar-refractivity contribution in [3.63, 3.8) is 0 Å². The van der Waals surface area contributed by atoms with Crippen LogP contribution in [-0.4, -0.2) is 17.3 Å². The fourth-order valence-electron chi connectivity index (χ4n) is 2.23. The maximum atomic E-state index is 12.0. The highest BCUT2D eigenvalue weighted by atomic mass is 35.5. The minimum Gasteiger partial charge on any atom is -0.595 e. The summed E-state index contributed by atoms with van der Waals surface area (Å²) in [4.78, 5) is 12.0. The van der Waals surface area contributed by atoms with E-state index in [0.29, 0.717) is 16.5 Å². The first-order valence-electron chi connectivity index (χ1n) is 7.55. The number of amides is 1. The molecule has 8 heteroatoms. The van der Waals surface area contributed by atoms with Crippen molar-refractivity contribution in [2.45, 2.75) is 0 Å². The number of hydrogen-bond acceptors (Lipinski definition) is 5. The van der Waals surface area contributed by atoms with Gasteiger partial charge >= 0.3 is 0 Å². The number of halogens is 1. The fourth-order valence-corrected chi connectivity index (χ4v) is 2.42. The zero-order chi connectivity index (χ0) is 18.5. The van der Waals surface area contributed by atoms with Crippen LogP contribution in [0, 0.1) is 5.21 Å². The Bertz CT molecular complexity index is 953. The van der Waals surface area contributed by atoms with Gasteiger partial charge in [-0.1, -0.05) is 29.8 Å². The lowest BCUT2D eigenvalue weighted by molar-refractivity contribution is -0.991. The Morgan fingerprint density at radius 3 is 2.77 bits per heavy atom. The van der Waals surface area contributed by atoms with Crippen molar-refractivity contribution >= 4 is 29.4 Å². The number of hydrogen-bond donors (Lipinski definition) is 3. The number of furan rings is 1. The van der Waals surface area contributed by atoms with Gasteiger partial charge in [-0.25, -0.2) is 10.6 Å². The quantitative estimate of drug-likeness (QED) is 0.474. The normalized spacial score (nSPS) is 12.3. The minimum absolute atomic E-state index is 0.0267. The number of carbonyl (C=O) groups is 1. The van der Waals surface area contributed by atoms with E-state index in [4.69, 9.17) is 21.2 Å². The summed E-state index contributed by atoms with van der Waals surface area (Å²) < 4.78 is 5.63. The maximum absolute atomic E-state index is 12.0. The molecule has 0 spiro atoms. The van der Waals surface area contributed by atoms with E-state index in [1.165, 1.54) is 30.5 Å². The van der Waals surface area contributed by atoms with Crippen molar-refractivity contribution in [2.24, 2.45) is 5.10 Å². The van der Waals surface area contributed by atoms with E-state index in [-0.39, 0.29) is 11.3 Å². The van der Waals surface area contributed by atoms with Crippen LogP contribution in [0.3, 0.4) is 0 Å². The van der Waals surface area contributed by atoms with Gasteiger partial charge in [0.15, 0.2) is 5.69 Å². The van der Waals surface area contributed by atoms with E-state index in [1.54, 1.807) is 24.3 Å².